The maximum absolute atomic E-state index is 11.0. The van der Waals surface area contributed by atoms with Crippen LogP contribution in [-0.2, 0) is 19.2 Å². The zero-order valence-electron chi connectivity index (χ0n) is 9.67. The van der Waals surface area contributed by atoms with Gasteiger partial charge in [0, 0.05) is 6.42 Å². The van der Waals surface area contributed by atoms with E-state index in [0.29, 0.717) is 0 Å². The first kappa shape index (κ1) is 16.8. The van der Waals surface area contributed by atoms with E-state index in [1.165, 1.54) is 0 Å². The van der Waals surface area contributed by atoms with Crippen molar-refractivity contribution in [2.75, 3.05) is 19.8 Å². The van der Waals surface area contributed by atoms with Crippen molar-refractivity contribution in [1.29, 1.82) is 0 Å². The molecule has 0 aliphatic carbocycles. The summed E-state index contributed by atoms with van der Waals surface area (Å²) >= 11 is 0. The number of hydrogen-bond donors (Lipinski definition) is 2. The number of carbonyl (C=O) groups is 1. The molecule has 12 nitrogen and oxygen atoms in total. The van der Waals surface area contributed by atoms with Crippen molar-refractivity contribution in [2.45, 2.75) is 18.6 Å². The topological polar surface area (TPSA) is 177 Å². The summed E-state index contributed by atoms with van der Waals surface area (Å²) in [5, 5.41) is 26.3. The lowest BCUT2D eigenvalue weighted by Crippen LogP contribution is -2.36. The molecule has 0 aromatic heterocycles. The highest BCUT2D eigenvalue weighted by Gasteiger charge is 2.18. The molecular formula is C7H13N3O9. The summed E-state index contributed by atoms with van der Waals surface area (Å²) in [4.78, 5) is 39.1. The third kappa shape index (κ3) is 8.50. The van der Waals surface area contributed by atoms with Crippen LogP contribution in [0.2, 0.25) is 0 Å². The smallest absolute Gasteiger partial charge is 0.325 e. The normalized spacial score (nSPS) is 13.2. The molecular weight excluding hydrogens is 270 g/mol. The fourth-order valence-electron chi connectivity index (χ4n) is 0.905. The summed E-state index contributed by atoms with van der Waals surface area (Å²) in [6.45, 7) is -1.62. The molecule has 0 heterocycles. The van der Waals surface area contributed by atoms with Gasteiger partial charge in [0.15, 0.2) is 0 Å². The van der Waals surface area contributed by atoms with Crippen LogP contribution in [0.5, 0.6) is 0 Å². The van der Waals surface area contributed by atoms with E-state index in [0.717, 1.165) is 0 Å². The van der Waals surface area contributed by atoms with Gasteiger partial charge in [0.2, 0.25) is 0 Å². The summed E-state index contributed by atoms with van der Waals surface area (Å²) < 4.78 is 4.56. The molecule has 3 N–H and O–H groups in total. The molecule has 0 bridgehead atoms. The predicted molar refractivity (Wildman–Crippen MR) is 55.5 cm³/mol. The molecule has 2 unspecified atom stereocenters. The van der Waals surface area contributed by atoms with Crippen molar-refractivity contribution in [2.24, 2.45) is 5.73 Å². The van der Waals surface area contributed by atoms with E-state index in [2.05, 4.69) is 14.4 Å². The molecule has 19 heavy (non-hydrogen) atoms. The van der Waals surface area contributed by atoms with Crippen LogP contribution in [0.3, 0.4) is 0 Å². The van der Waals surface area contributed by atoms with Gasteiger partial charge in [0.05, 0.1) is 13.2 Å². The molecule has 2 atom stereocenters. The van der Waals surface area contributed by atoms with Crippen LogP contribution in [0.4, 0.5) is 0 Å². The first-order chi connectivity index (χ1) is 8.86. The van der Waals surface area contributed by atoms with Gasteiger partial charge in [-0.1, -0.05) is 0 Å². The van der Waals surface area contributed by atoms with Gasteiger partial charge in [-0.25, -0.2) is 0 Å². The number of carbonyl (C=O) groups excluding carboxylic acids is 1. The second-order valence-electron chi connectivity index (χ2n) is 3.22. The van der Waals surface area contributed by atoms with Crippen LogP contribution in [0.25, 0.3) is 0 Å². The average molecular weight is 283 g/mol. The van der Waals surface area contributed by atoms with Crippen LogP contribution < -0.4 is 5.73 Å². The lowest BCUT2D eigenvalue weighted by atomic mass is 10.3. The van der Waals surface area contributed by atoms with Crippen molar-refractivity contribution >= 4 is 5.97 Å². The van der Waals surface area contributed by atoms with E-state index in [1.807, 2.05) is 0 Å². The van der Waals surface area contributed by atoms with E-state index in [1.54, 1.807) is 0 Å². The van der Waals surface area contributed by atoms with Crippen molar-refractivity contribution in [1.82, 2.24) is 0 Å². The Kier molecular flexibility index (Phi) is 7.79. The Morgan fingerprint density at radius 3 is 2.42 bits per heavy atom. The van der Waals surface area contributed by atoms with Gasteiger partial charge in [-0.3, -0.25) is 4.79 Å². The van der Waals surface area contributed by atoms with Crippen molar-refractivity contribution in [3.8, 4) is 0 Å². The van der Waals surface area contributed by atoms with E-state index in [4.69, 9.17) is 10.8 Å². The van der Waals surface area contributed by atoms with Crippen molar-refractivity contribution < 1.29 is 34.5 Å². The fraction of sp³-hybridized carbons (Fsp3) is 0.857. The number of nitrogens with zero attached hydrogens (tertiary/aromatic N) is 2. The highest BCUT2D eigenvalue weighted by molar-refractivity contribution is 5.75. The van der Waals surface area contributed by atoms with Gasteiger partial charge in [0.25, 0.3) is 10.2 Å². The molecule has 0 aromatic carbocycles. The minimum Gasteiger partial charge on any atom is -0.464 e. The molecule has 0 fully saturated rings. The minimum atomic E-state index is -1.27. The third-order valence-electron chi connectivity index (χ3n) is 1.78. The first-order valence-corrected chi connectivity index (χ1v) is 4.98. The quantitative estimate of drug-likeness (QED) is 0.259. The fourth-order valence-corrected chi connectivity index (χ4v) is 0.905. The number of hydrogen-bond acceptors (Lipinski definition) is 10. The Labute approximate surface area is 106 Å². The van der Waals surface area contributed by atoms with Crippen molar-refractivity contribution in [3.05, 3.63) is 20.2 Å². The second kappa shape index (κ2) is 8.82. The molecule has 0 rings (SSSR count). The van der Waals surface area contributed by atoms with Gasteiger partial charge < -0.3 is 25.3 Å². The van der Waals surface area contributed by atoms with E-state index in [-0.39, 0.29) is 13.0 Å². The molecule has 12 heteroatoms. The summed E-state index contributed by atoms with van der Waals surface area (Å²) in [7, 11) is 0. The van der Waals surface area contributed by atoms with Crippen LogP contribution in [0, 0.1) is 20.2 Å². The van der Waals surface area contributed by atoms with Crippen LogP contribution in [-0.4, -0.2) is 53.2 Å². The SMILES string of the molecule is NC(CO)C(=O)OCCC(CO[N+](=O)[O-])O[N+](=O)[O-]. The summed E-state index contributed by atoms with van der Waals surface area (Å²) in [5.74, 6) is -0.905. The van der Waals surface area contributed by atoms with Gasteiger partial charge >= 0.3 is 5.97 Å². The zero-order valence-corrected chi connectivity index (χ0v) is 9.67. The van der Waals surface area contributed by atoms with Crippen LogP contribution >= 0.6 is 0 Å². The molecule has 0 saturated heterocycles. The Bertz CT molecular complexity index is 323. The Balaban J connectivity index is 4.07. The Morgan fingerprint density at radius 2 is 1.95 bits per heavy atom. The van der Waals surface area contributed by atoms with Gasteiger partial charge in [-0.15, -0.1) is 20.2 Å². The largest absolute Gasteiger partial charge is 0.464 e. The molecule has 110 valence electrons. The lowest BCUT2D eigenvalue weighted by molar-refractivity contribution is -0.790. The number of nitrogens with two attached hydrogens (primary N) is 1. The maximum atomic E-state index is 11.0. The minimum absolute atomic E-state index is 0.210. The summed E-state index contributed by atoms with van der Waals surface area (Å²) in [6.07, 6.45) is -1.47. The molecule has 0 aromatic rings. The molecule has 0 amide bonds. The standard InChI is InChI=1S/C7H13N3O9/c8-6(3-11)7(12)17-2-1-5(19-10(15)16)4-18-9(13)14/h5-6,11H,1-4,8H2. The Morgan fingerprint density at radius 1 is 1.32 bits per heavy atom. The second-order valence-corrected chi connectivity index (χ2v) is 3.22. The summed E-state index contributed by atoms with van der Waals surface area (Å²) in [5.41, 5.74) is 5.13. The number of aliphatic hydroxyl groups excluding tert-OH is 1. The van der Waals surface area contributed by atoms with E-state index >= 15 is 0 Å². The number of esters is 1. The molecule has 0 spiro atoms. The van der Waals surface area contributed by atoms with E-state index < -0.39 is 41.5 Å². The number of aliphatic hydroxyl groups is 1. The van der Waals surface area contributed by atoms with Crippen LogP contribution in [0.1, 0.15) is 6.42 Å². The molecule has 0 aliphatic heterocycles. The Hall–Kier alpha value is -2.21. The van der Waals surface area contributed by atoms with Crippen LogP contribution in [0.15, 0.2) is 0 Å². The van der Waals surface area contributed by atoms with Crippen molar-refractivity contribution in [3.63, 3.8) is 0 Å². The molecule has 0 aliphatic rings. The van der Waals surface area contributed by atoms with Gasteiger partial charge in [-0.05, 0) is 0 Å². The lowest BCUT2D eigenvalue weighted by Gasteiger charge is -2.14. The van der Waals surface area contributed by atoms with E-state index in [9.17, 15) is 25.0 Å². The first-order valence-electron chi connectivity index (χ1n) is 4.98. The zero-order chi connectivity index (χ0) is 14.8. The monoisotopic (exact) mass is 283 g/mol. The number of rotatable bonds is 10. The highest BCUT2D eigenvalue weighted by Crippen LogP contribution is 2.01. The summed E-state index contributed by atoms with van der Waals surface area (Å²) in [6, 6.07) is -1.22. The van der Waals surface area contributed by atoms with Gasteiger partial charge in [0.1, 0.15) is 18.8 Å². The molecule has 0 saturated carbocycles. The average Bonchev–Trinajstić information content (AvgIpc) is 2.33. The third-order valence-corrected chi connectivity index (χ3v) is 1.78. The van der Waals surface area contributed by atoms with Gasteiger partial charge in [-0.2, -0.15) is 0 Å². The molecule has 0 radical (unpaired) electrons. The maximum Gasteiger partial charge on any atom is 0.325 e. The highest BCUT2D eigenvalue weighted by atomic mass is 17.0. The predicted octanol–water partition coefficient (Wildman–Crippen LogP) is -1.98. The number of ether oxygens (including phenoxy) is 1.